The number of nitrogens with zero attached hydrogens (tertiary/aromatic N) is 3. The molecule has 0 aliphatic carbocycles. The Morgan fingerprint density at radius 2 is 2.04 bits per heavy atom. The van der Waals surface area contributed by atoms with Gasteiger partial charge in [-0.05, 0) is 31.0 Å². The summed E-state index contributed by atoms with van der Waals surface area (Å²) in [5.41, 5.74) is 1.32. The predicted molar refractivity (Wildman–Crippen MR) is 86.1 cm³/mol. The lowest BCUT2D eigenvalue weighted by Gasteiger charge is -2.18. The van der Waals surface area contributed by atoms with Crippen LogP contribution in [0.4, 0.5) is 0 Å². The van der Waals surface area contributed by atoms with Gasteiger partial charge < -0.3 is 4.90 Å². The Hall–Kier alpha value is -2.15. The molecular weight excluding hydrogens is 314 g/mol. The smallest absolute Gasteiger partial charge is 0.255 e. The first-order valence-corrected chi connectivity index (χ1v) is 9.34. The molecule has 1 unspecified atom stereocenters. The van der Waals surface area contributed by atoms with E-state index in [-0.39, 0.29) is 22.4 Å². The van der Waals surface area contributed by atoms with Crippen LogP contribution in [0.1, 0.15) is 28.4 Å². The van der Waals surface area contributed by atoms with Gasteiger partial charge in [0.1, 0.15) is 0 Å². The molecule has 6 nitrogen and oxygen atoms in total. The van der Waals surface area contributed by atoms with Crippen LogP contribution in [0.2, 0.25) is 0 Å². The number of carbonyl (C=O) groups is 1. The van der Waals surface area contributed by atoms with E-state index in [1.807, 2.05) is 17.8 Å². The second-order valence-corrected chi connectivity index (χ2v) is 7.94. The van der Waals surface area contributed by atoms with Gasteiger partial charge in [0.15, 0.2) is 9.84 Å². The highest BCUT2D eigenvalue weighted by Crippen LogP contribution is 2.25. The van der Waals surface area contributed by atoms with E-state index >= 15 is 0 Å². The molecule has 1 aromatic carbocycles. The maximum absolute atomic E-state index is 12.7. The first-order chi connectivity index (χ1) is 10.9. The minimum Gasteiger partial charge on any atom is -0.336 e. The molecule has 1 aromatic heterocycles. The van der Waals surface area contributed by atoms with E-state index in [1.165, 1.54) is 6.07 Å². The van der Waals surface area contributed by atoms with Crippen molar-refractivity contribution in [2.75, 3.05) is 19.3 Å². The summed E-state index contributed by atoms with van der Waals surface area (Å²) in [4.78, 5) is 14.5. The van der Waals surface area contributed by atoms with Crippen LogP contribution in [-0.2, 0) is 9.84 Å². The van der Waals surface area contributed by atoms with Crippen LogP contribution in [-0.4, -0.2) is 48.4 Å². The van der Waals surface area contributed by atoms with Crippen LogP contribution in [0, 0.1) is 6.92 Å². The molecule has 0 N–H and O–H groups in total. The summed E-state index contributed by atoms with van der Waals surface area (Å²) in [7, 11) is -3.44. The molecule has 1 aliphatic heterocycles. The third-order valence-corrected chi connectivity index (χ3v) is 5.23. The van der Waals surface area contributed by atoms with E-state index in [0.717, 1.165) is 18.2 Å². The van der Waals surface area contributed by atoms with E-state index in [9.17, 15) is 13.2 Å². The van der Waals surface area contributed by atoms with Crippen molar-refractivity contribution in [3.05, 3.63) is 47.8 Å². The molecule has 7 heteroatoms. The molecule has 3 rings (SSSR count). The van der Waals surface area contributed by atoms with Crippen molar-refractivity contribution in [1.82, 2.24) is 14.7 Å². The SMILES string of the molecule is Cc1cnn(C2CCN(C(=O)c3ccccc3S(C)(=O)=O)C2)c1. The van der Waals surface area contributed by atoms with E-state index in [2.05, 4.69) is 5.10 Å². The molecule has 0 spiro atoms. The average Bonchev–Trinajstić information content (AvgIpc) is 3.14. The second-order valence-electron chi connectivity index (χ2n) is 5.96. The zero-order chi connectivity index (χ0) is 16.6. The topological polar surface area (TPSA) is 72.3 Å². The Morgan fingerprint density at radius 1 is 1.30 bits per heavy atom. The number of sulfone groups is 1. The van der Waals surface area contributed by atoms with Crippen molar-refractivity contribution in [1.29, 1.82) is 0 Å². The second kappa shape index (κ2) is 5.81. The molecule has 1 amide bonds. The summed E-state index contributed by atoms with van der Waals surface area (Å²) < 4.78 is 25.6. The lowest BCUT2D eigenvalue weighted by molar-refractivity contribution is 0.0783. The van der Waals surface area contributed by atoms with Crippen molar-refractivity contribution < 1.29 is 13.2 Å². The third-order valence-electron chi connectivity index (χ3n) is 4.07. The van der Waals surface area contributed by atoms with Gasteiger partial charge in [0.25, 0.3) is 5.91 Å². The van der Waals surface area contributed by atoms with E-state index < -0.39 is 9.84 Å². The van der Waals surface area contributed by atoms with Crippen LogP contribution in [0.3, 0.4) is 0 Å². The summed E-state index contributed by atoms with van der Waals surface area (Å²) in [6.45, 7) is 3.11. The zero-order valence-electron chi connectivity index (χ0n) is 13.1. The monoisotopic (exact) mass is 333 g/mol. The number of likely N-dealkylation sites (tertiary alicyclic amines) is 1. The predicted octanol–water partition coefficient (Wildman–Crippen LogP) is 1.68. The lowest BCUT2D eigenvalue weighted by Crippen LogP contribution is -2.30. The van der Waals surface area contributed by atoms with E-state index in [4.69, 9.17) is 0 Å². The maximum Gasteiger partial charge on any atom is 0.255 e. The molecule has 122 valence electrons. The first kappa shape index (κ1) is 15.7. The maximum atomic E-state index is 12.7. The molecule has 2 aromatic rings. The molecule has 0 bridgehead atoms. The van der Waals surface area contributed by atoms with Crippen LogP contribution >= 0.6 is 0 Å². The highest BCUT2D eigenvalue weighted by Gasteiger charge is 2.30. The van der Waals surface area contributed by atoms with Crippen molar-refractivity contribution in [2.24, 2.45) is 0 Å². The first-order valence-electron chi connectivity index (χ1n) is 7.45. The third kappa shape index (κ3) is 3.14. The van der Waals surface area contributed by atoms with Gasteiger partial charge in [0, 0.05) is 25.5 Å². The molecule has 1 aliphatic rings. The van der Waals surface area contributed by atoms with Gasteiger partial charge in [0.2, 0.25) is 0 Å². The van der Waals surface area contributed by atoms with Crippen LogP contribution in [0.15, 0.2) is 41.6 Å². The number of rotatable bonds is 3. The normalized spacial score (nSPS) is 18.3. The van der Waals surface area contributed by atoms with Gasteiger partial charge in [-0.2, -0.15) is 5.10 Å². The van der Waals surface area contributed by atoms with Crippen LogP contribution < -0.4 is 0 Å². The zero-order valence-corrected chi connectivity index (χ0v) is 14.0. The van der Waals surface area contributed by atoms with Gasteiger partial charge in [-0.15, -0.1) is 0 Å². The summed E-state index contributed by atoms with van der Waals surface area (Å²) in [5.74, 6) is -0.239. The summed E-state index contributed by atoms with van der Waals surface area (Å²) in [6.07, 6.45) is 5.69. The standard InChI is InChI=1S/C16H19N3O3S/c1-12-9-17-19(10-12)13-7-8-18(11-13)16(20)14-5-3-4-6-15(14)23(2,21)22/h3-6,9-10,13H,7-8,11H2,1-2H3. The van der Waals surface area contributed by atoms with E-state index in [0.29, 0.717) is 13.1 Å². The Morgan fingerprint density at radius 3 is 2.70 bits per heavy atom. The highest BCUT2D eigenvalue weighted by atomic mass is 32.2. The number of aryl methyl sites for hydroxylation is 1. The summed E-state index contributed by atoms with van der Waals surface area (Å²) in [5, 5.41) is 4.30. The molecule has 23 heavy (non-hydrogen) atoms. The van der Waals surface area contributed by atoms with Crippen molar-refractivity contribution in [3.63, 3.8) is 0 Å². The minimum atomic E-state index is -3.44. The molecule has 1 fully saturated rings. The number of amides is 1. The fourth-order valence-corrected chi connectivity index (χ4v) is 3.79. The van der Waals surface area contributed by atoms with Gasteiger partial charge >= 0.3 is 0 Å². The lowest BCUT2D eigenvalue weighted by atomic mass is 10.2. The molecule has 0 radical (unpaired) electrons. The van der Waals surface area contributed by atoms with Crippen molar-refractivity contribution in [3.8, 4) is 0 Å². The van der Waals surface area contributed by atoms with Crippen LogP contribution in [0.25, 0.3) is 0 Å². The number of carbonyl (C=O) groups excluding carboxylic acids is 1. The molecule has 1 atom stereocenters. The van der Waals surface area contributed by atoms with Gasteiger partial charge in [0.05, 0.1) is 22.7 Å². The van der Waals surface area contributed by atoms with E-state index in [1.54, 1.807) is 29.3 Å². The number of hydrogen-bond donors (Lipinski definition) is 0. The Bertz CT molecular complexity index is 842. The molecule has 2 heterocycles. The van der Waals surface area contributed by atoms with Gasteiger partial charge in [-0.1, -0.05) is 12.1 Å². The number of hydrogen-bond acceptors (Lipinski definition) is 4. The summed E-state index contributed by atoms with van der Waals surface area (Å²) in [6, 6.07) is 6.51. The van der Waals surface area contributed by atoms with Gasteiger partial charge in [-0.3, -0.25) is 9.48 Å². The summed E-state index contributed by atoms with van der Waals surface area (Å²) >= 11 is 0. The fourth-order valence-electron chi connectivity index (χ4n) is 2.91. The van der Waals surface area contributed by atoms with Crippen molar-refractivity contribution >= 4 is 15.7 Å². The Labute approximate surface area is 135 Å². The largest absolute Gasteiger partial charge is 0.336 e. The number of aromatic nitrogens is 2. The fraction of sp³-hybridized carbons (Fsp3) is 0.375. The molecular formula is C16H19N3O3S. The van der Waals surface area contributed by atoms with Crippen LogP contribution in [0.5, 0.6) is 0 Å². The molecule has 1 saturated heterocycles. The quantitative estimate of drug-likeness (QED) is 0.857. The highest BCUT2D eigenvalue weighted by molar-refractivity contribution is 7.90. The Kier molecular flexibility index (Phi) is 3.97. The number of benzene rings is 1. The average molecular weight is 333 g/mol. The Balaban J connectivity index is 1.83. The molecule has 0 saturated carbocycles. The minimum absolute atomic E-state index is 0.0865. The van der Waals surface area contributed by atoms with Gasteiger partial charge in [-0.25, -0.2) is 8.42 Å². The van der Waals surface area contributed by atoms with Crippen molar-refractivity contribution in [2.45, 2.75) is 24.3 Å².